The third kappa shape index (κ3) is 3.90. The normalized spacial score (nSPS) is 23.2. The second-order valence-corrected chi connectivity index (χ2v) is 10.9. The quantitative estimate of drug-likeness (QED) is 0.453. The standard InChI is InChI=1S/C30H32N4O5/c1-3-16(2)24(29(37)33-14-8-13-22(33)30(38)39)32-27(35)23-15-20-17-9-6-7-12-21(17)31-25(20)26-18-10-4-5-11-19(18)28(36)34(23)26/h4-7,9-12,16,22-24,26,31H,3,8,13-15H2,1-2H3,(H,32,35)(H,38,39). The Kier molecular flexibility index (Phi) is 6.16. The predicted molar refractivity (Wildman–Crippen MR) is 144 cm³/mol. The van der Waals surface area contributed by atoms with Crippen LogP contribution in [0.25, 0.3) is 10.9 Å². The molecule has 0 radical (unpaired) electrons. The van der Waals surface area contributed by atoms with Gasteiger partial charge in [0.1, 0.15) is 18.1 Å². The first-order chi connectivity index (χ1) is 18.8. The number of aromatic nitrogens is 1. The number of carboxylic acids is 1. The number of nitrogens with zero attached hydrogens (tertiary/aromatic N) is 2. The minimum Gasteiger partial charge on any atom is -0.480 e. The minimum atomic E-state index is -1.03. The van der Waals surface area contributed by atoms with Crippen molar-refractivity contribution < 1.29 is 24.3 Å². The van der Waals surface area contributed by atoms with Gasteiger partial charge in [0.25, 0.3) is 5.91 Å². The first-order valence-electron chi connectivity index (χ1n) is 13.7. The average Bonchev–Trinajstić information content (AvgIpc) is 3.65. The van der Waals surface area contributed by atoms with Crippen LogP contribution in [-0.2, 0) is 20.8 Å². The molecule has 5 atom stereocenters. The van der Waals surface area contributed by atoms with Gasteiger partial charge in [-0.1, -0.05) is 56.7 Å². The van der Waals surface area contributed by atoms with Gasteiger partial charge < -0.3 is 25.2 Å². The van der Waals surface area contributed by atoms with Gasteiger partial charge in [0.15, 0.2) is 0 Å². The number of hydrogen-bond donors (Lipinski definition) is 3. The Labute approximate surface area is 226 Å². The second kappa shape index (κ2) is 9.55. The molecule has 2 aromatic carbocycles. The first-order valence-corrected chi connectivity index (χ1v) is 13.7. The third-order valence-corrected chi connectivity index (χ3v) is 8.75. The number of aliphatic carboxylic acids is 1. The first kappa shape index (κ1) is 25.2. The van der Waals surface area contributed by atoms with Crippen LogP contribution >= 0.6 is 0 Å². The van der Waals surface area contributed by atoms with E-state index in [1.165, 1.54) is 4.90 Å². The minimum absolute atomic E-state index is 0.211. The largest absolute Gasteiger partial charge is 0.480 e. The zero-order chi connectivity index (χ0) is 27.4. The molecule has 3 amide bonds. The summed E-state index contributed by atoms with van der Waals surface area (Å²) in [7, 11) is 0. The third-order valence-electron chi connectivity index (χ3n) is 8.75. The van der Waals surface area contributed by atoms with E-state index in [9.17, 15) is 24.3 Å². The number of carbonyl (C=O) groups is 4. The number of H-pyrrole nitrogens is 1. The Balaban J connectivity index is 1.37. The molecule has 9 heteroatoms. The zero-order valence-corrected chi connectivity index (χ0v) is 22.0. The van der Waals surface area contributed by atoms with Gasteiger partial charge in [-0.25, -0.2) is 4.79 Å². The lowest BCUT2D eigenvalue weighted by molar-refractivity contribution is -0.150. The van der Waals surface area contributed by atoms with Crippen molar-refractivity contribution in [3.05, 3.63) is 70.9 Å². The lowest BCUT2D eigenvalue weighted by Crippen LogP contribution is -2.59. The molecular weight excluding hydrogens is 496 g/mol. The number of likely N-dealkylation sites (tertiary alicyclic amines) is 1. The molecule has 0 saturated carbocycles. The maximum absolute atomic E-state index is 14.1. The van der Waals surface area contributed by atoms with E-state index < -0.39 is 36.0 Å². The summed E-state index contributed by atoms with van der Waals surface area (Å²) in [5.74, 6) is -2.24. The van der Waals surface area contributed by atoms with E-state index in [0.717, 1.165) is 27.7 Å². The lowest BCUT2D eigenvalue weighted by Gasteiger charge is -2.38. The van der Waals surface area contributed by atoms with Crippen LogP contribution in [-0.4, -0.2) is 68.3 Å². The molecule has 6 rings (SSSR count). The van der Waals surface area contributed by atoms with Crippen molar-refractivity contribution in [1.29, 1.82) is 0 Å². The van der Waals surface area contributed by atoms with Gasteiger partial charge in [-0.3, -0.25) is 14.4 Å². The number of amides is 3. The van der Waals surface area contributed by atoms with Crippen molar-refractivity contribution in [2.45, 2.75) is 63.7 Å². The smallest absolute Gasteiger partial charge is 0.326 e. The summed E-state index contributed by atoms with van der Waals surface area (Å²) < 4.78 is 0. The van der Waals surface area contributed by atoms with Gasteiger partial charge in [0, 0.05) is 35.1 Å². The summed E-state index contributed by atoms with van der Waals surface area (Å²) in [6.07, 6.45) is 1.94. The highest BCUT2D eigenvalue weighted by Crippen LogP contribution is 2.46. The summed E-state index contributed by atoms with van der Waals surface area (Å²) in [5.41, 5.74) is 4.27. The molecule has 1 fully saturated rings. The van der Waals surface area contributed by atoms with Crippen molar-refractivity contribution in [2.24, 2.45) is 5.92 Å². The SMILES string of the molecule is CCC(C)C(NC(=O)C1Cc2c([nH]c3ccccc23)C2c3ccccc3C(=O)N12)C(=O)N1CCCC1C(=O)O. The summed E-state index contributed by atoms with van der Waals surface area (Å²) in [6.45, 7) is 4.17. The lowest BCUT2D eigenvalue weighted by atomic mass is 9.89. The van der Waals surface area contributed by atoms with Gasteiger partial charge in [-0.05, 0) is 42.0 Å². The van der Waals surface area contributed by atoms with E-state index in [2.05, 4.69) is 10.3 Å². The van der Waals surface area contributed by atoms with Crippen LogP contribution in [0.5, 0.6) is 0 Å². The second-order valence-electron chi connectivity index (χ2n) is 10.9. The number of carbonyl (C=O) groups excluding carboxylic acids is 3. The fraction of sp³-hybridized carbons (Fsp3) is 0.400. The molecule has 202 valence electrons. The molecule has 5 unspecified atom stereocenters. The van der Waals surface area contributed by atoms with E-state index in [1.54, 1.807) is 11.0 Å². The van der Waals surface area contributed by atoms with Gasteiger partial charge >= 0.3 is 5.97 Å². The van der Waals surface area contributed by atoms with Crippen LogP contribution in [0, 0.1) is 5.92 Å². The zero-order valence-electron chi connectivity index (χ0n) is 22.0. The number of benzene rings is 2. The van der Waals surface area contributed by atoms with Crippen LogP contribution in [0.4, 0.5) is 0 Å². The highest BCUT2D eigenvalue weighted by atomic mass is 16.4. The summed E-state index contributed by atoms with van der Waals surface area (Å²) in [6, 6.07) is 12.3. The van der Waals surface area contributed by atoms with Crippen LogP contribution in [0.1, 0.15) is 66.3 Å². The molecule has 3 aromatic rings. The van der Waals surface area contributed by atoms with Crippen molar-refractivity contribution in [2.75, 3.05) is 6.54 Å². The Morgan fingerprint density at radius 2 is 1.85 bits per heavy atom. The molecule has 39 heavy (non-hydrogen) atoms. The summed E-state index contributed by atoms with van der Waals surface area (Å²) >= 11 is 0. The molecule has 0 spiro atoms. The molecule has 9 nitrogen and oxygen atoms in total. The van der Waals surface area contributed by atoms with E-state index in [0.29, 0.717) is 37.8 Å². The highest BCUT2D eigenvalue weighted by Gasteiger charge is 2.50. The van der Waals surface area contributed by atoms with Gasteiger partial charge in [-0.15, -0.1) is 0 Å². The number of hydrogen-bond acceptors (Lipinski definition) is 4. The van der Waals surface area contributed by atoms with Crippen molar-refractivity contribution in [3.8, 4) is 0 Å². The van der Waals surface area contributed by atoms with Crippen molar-refractivity contribution in [1.82, 2.24) is 20.1 Å². The Morgan fingerprint density at radius 1 is 1.10 bits per heavy atom. The summed E-state index contributed by atoms with van der Waals surface area (Å²) in [4.78, 5) is 59.7. The van der Waals surface area contributed by atoms with E-state index >= 15 is 0 Å². The predicted octanol–water partition coefficient (Wildman–Crippen LogP) is 3.24. The van der Waals surface area contributed by atoms with Crippen LogP contribution in [0.3, 0.4) is 0 Å². The molecule has 1 aromatic heterocycles. The van der Waals surface area contributed by atoms with Gasteiger partial charge in [0.05, 0.1) is 6.04 Å². The van der Waals surface area contributed by atoms with Gasteiger partial charge in [-0.2, -0.15) is 0 Å². The van der Waals surface area contributed by atoms with Crippen molar-refractivity contribution >= 4 is 34.6 Å². The number of nitrogens with one attached hydrogen (secondary N) is 2. The number of para-hydroxylation sites is 1. The Bertz CT molecular complexity index is 1500. The maximum atomic E-state index is 14.1. The molecule has 3 aliphatic rings. The average molecular weight is 529 g/mol. The van der Waals surface area contributed by atoms with Gasteiger partial charge in [0.2, 0.25) is 11.8 Å². The molecule has 0 aliphatic carbocycles. The number of rotatable bonds is 6. The molecule has 4 heterocycles. The van der Waals surface area contributed by atoms with Crippen molar-refractivity contribution in [3.63, 3.8) is 0 Å². The molecule has 0 bridgehead atoms. The van der Waals surface area contributed by atoms with E-state index in [1.807, 2.05) is 56.3 Å². The Hall–Kier alpha value is -4.14. The summed E-state index contributed by atoms with van der Waals surface area (Å²) in [5, 5.41) is 13.6. The maximum Gasteiger partial charge on any atom is 0.326 e. The number of aromatic amines is 1. The molecule has 1 saturated heterocycles. The molecular formula is C30H32N4O5. The Morgan fingerprint density at radius 3 is 2.62 bits per heavy atom. The van der Waals surface area contributed by atoms with E-state index in [-0.39, 0.29) is 17.7 Å². The highest BCUT2D eigenvalue weighted by molar-refractivity contribution is 6.04. The number of fused-ring (bicyclic) bond motifs is 7. The molecule has 3 aliphatic heterocycles. The fourth-order valence-electron chi connectivity index (χ4n) is 6.54. The van der Waals surface area contributed by atoms with Crippen LogP contribution in [0.15, 0.2) is 48.5 Å². The monoisotopic (exact) mass is 528 g/mol. The van der Waals surface area contributed by atoms with E-state index in [4.69, 9.17) is 0 Å². The molecule has 3 N–H and O–H groups in total. The van der Waals surface area contributed by atoms with Crippen LogP contribution in [0.2, 0.25) is 0 Å². The van der Waals surface area contributed by atoms with Crippen LogP contribution < -0.4 is 5.32 Å². The number of carboxylic acid groups (broad SMARTS) is 1. The fourth-order valence-corrected chi connectivity index (χ4v) is 6.54. The topological polar surface area (TPSA) is 123 Å².